The third-order valence-corrected chi connectivity index (χ3v) is 3.30. The molecule has 1 aromatic carbocycles. The van der Waals surface area contributed by atoms with Crippen LogP contribution in [-0.2, 0) is 0 Å². The fraction of sp³-hybridized carbons (Fsp3) is 0.364. The van der Waals surface area contributed by atoms with Gasteiger partial charge in [-0.1, -0.05) is 0 Å². The highest BCUT2D eigenvalue weighted by Crippen LogP contribution is 2.33. The Morgan fingerprint density at radius 1 is 1.40 bits per heavy atom. The molecule has 80 valence electrons. The first-order chi connectivity index (χ1) is 7.22. The number of thioether (sulfide) groups is 1. The highest BCUT2D eigenvalue weighted by molar-refractivity contribution is 7.99. The minimum atomic E-state index is -0.0228. The number of carbonyl (C=O) groups excluding carboxylic acids is 1. The molecule has 4 heteroatoms. The second kappa shape index (κ2) is 4.14. The minimum absolute atomic E-state index is 0.0228. The van der Waals surface area contributed by atoms with Crippen LogP contribution in [0.15, 0.2) is 18.2 Å². The SMILES string of the molecule is CSC(C)C(=O)c1ccc2c(c1)OCO2. The number of ketones is 1. The Bertz CT molecular complexity index is 389. The number of rotatable bonds is 3. The number of carbonyl (C=O) groups is 1. The highest BCUT2D eigenvalue weighted by atomic mass is 32.2. The third-order valence-electron chi connectivity index (χ3n) is 2.38. The van der Waals surface area contributed by atoms with Gasteiger partial charge >= 0.3 is 0 Å². The van der Waals surface area contributed by atoms with Gasteiger partial charge in [0.25, 0.3) is 0 Å². The van der Waals surface area contributed by atoms with Gasteiger partial charge in [0, 0.05) is 5.56 Å². The van der Waals surface area contributed by atoms with Crippen molar-refractivity contribution in [2.75, 3.05) is 13.0 Å². The molecule has 1 unspecified atom stereocenters. The fourth-order valence-corrected chi connectivity index (χ4v) is 1.74. The summed E-state index contributed by atoms with van der Waals surface area (Å²) in [6.07, 6.45) is 1.93. The molecule has 15 heavy (non-hydrogen) atoms. The third kappa shape index (κ3) is 1.95. The predicted octanol–water partition coefficient (Wildman–Crippen LogP) is 2.35. The van der Waals surface area contributed by atoms with E-state index in [0.29, 0.717) is 17.1 Å². The minimum Gasteiger partial charge on any atom is -0.454 e. The van der Waals surface area contributed by atoms with Crippen LogP contribution in [-0.4, -0.2) is 24.1 Å². The van der Waals surface area contributed by atoms with Gasteiger partial charge in [0.05, 0.1) is 5.25 Å². The lowest BCUT2D eigenvalue weighted by Crippen LogP contribution is -2.12. The lowest BCUT2D eigenvalue weighted by molar-refractivity contribution is 0.0993. The molecule has 1 heterocycles. The lowest BCUT2D eigenvalue weighted by atomic mass is 10.1. The van der Waals surface area contributed by atoms with Crippen LogP contribution in [0.4, 0.5) is 0 Å². The summed E-state index contributed by atoms with van der Waals surface area (Å²) in [7, 11) is 0. The second-order valence-corrected chi connectivity index (χ2v) is 4.49. The Morgan fingerprint density at radius 2 is 2.13 bits per heavy atom. The van der Waals surface area contributed by atoms with E-state index in [1.165, 1.54) is 11.8 Å². The van der Waals surface area contributed by atoms with E-state index in [1.54, 1.807) is 18.2 Å². The second-order valence-electron chi connectivity index (χ2n) is 3.31. The zero-order valence-electron chi connectivity index (χ0n) is 8.65. The Morgan fingerprint density at radius 3 is 2.87 bits per heavy atom. The molecule has 3 nitrogen and oxygen atoms in total. The van der Waals surface area contributed by atoms with Crippen molar-refractivity contribution in [3.05, 3.63) is 23.8 Å². The summed E-state index contributed by atoms with van der Waals surface area (Å²) in [6.45, 7) is 2.14. The van der Waals surface area contributed by atoms with Crippen molar-refractivity contribution in [2.45, 2.75) is 12.2 Å². The molecule has 0 aromatic heterocycles. The van der Waals surface area contributed by atoms with Crippen molar-refractivity contribution in [2.24, 2.45) is 0 Å². The molecule has 0 radical (unpaired) electrons. The first kappa shape index (κ1) is 10.4. The van der Waals surface area contributed by atoms with Crippen LogP contribution in [0.2, 0.25) is 0 Å². The fourth-order valence-electron chi connectivity index (χ4n) is 1.39. The molecular weight excluding hydrogens is 212 g/mol. The van der Waals surface area contributed by atoms with Gasteiger partial charge in [-0.05, 0) is 31.4 Å². The number of fused-ring (bicyclic) bond motifs is 1. The van der Waals surface area contributed by atoms with Crippen LogP contribution in [0.25, 0.3) is 0 Å². The van der Waals surface area contributed by atoms with Crippen LogP contribution in [0, 0.1) is 0 Å². The van der Waals surface area contributed by atoms with Gasteiger partial charge in [-0.25, -0.2) is 0 Å². The predicted molar refractivity (Wildman–Crippen MR) is 59.9 cm³/mol. The summed E-state index contributed by atoms with van der Waals surface area (Å²) in [6, 6.07) is 5.31. The van der Waals surface area contributed by atoms with Crippen molar-refractivity contribution in [3.8, 4) is 11.5 Å². The molecule has 1 aromatic rings. The molecule has 0 saturated heterocycles. The van der Waals surface area contributed by atoms with Crippen molar-refractivity contribution in [1.29, 1.82) is 0 Å². The van der Waals surface area contributed by atoms with Crippen LogP contribution in [0.5, 0.6) is 11.5 Å². The van der Waals surface area contributed by atoms with Crippen molar-refractivity contribution in [1.82, 2.24) is 0 Å². The summed E-state index contributed by atoms with van der Waals surface area (Å²) in [5.74, 6) is 1.50. The molecule has 0 aliphatic carbocycles. The molecule has 2 rings (SSSR count). The average Bonchev–Trinajstić information content (AvgIpc) is 2.73. The van der Waals surface area contributed by atoms with E-state index in [1.807, 2.05) is 13.2 Å². The van der Waals surface area contributed by atoms with E-state index in [0.717, 1.165) is 0 Å². The van der Waals surface area contributed by atoms with E-state index in [-0.39, 0.29) is 17.8 Å². The van der Waals surface area contributed by atoms with E-state index in [9.17, 15) is 4.79 Å². The average molecular weight is 224 g/mol. The molecule has 0 bridgehead atoms. The Balaban J connectivity index is 2.26. The van der Waals surface area contributed by atoms with Crippen molar-refractivity contribution in [3.63, 3.8) is 0 Å². The first-order valence-corrected chi connectivity index (χ1v) is 5.98. The van der Waals surface area contributed by atoms with Gasteiger partial charge in [-0.2, -0.15) is 11.8 Å². The van der Waals surface area contributed by atoms with Gasteiger partial charge in [0.2, 0.25) is 6.79 Å². The molecule has 0 spiro atoms. The molecule has 1 aliphatic heterocycles. The standard InChI is InChI=1S/C11H12O3S/c1-7(15-2)11(12)8-3-4-9-10(5-8)14-6-13-9/h3-5,7H,6H2,1-2H3. The molecule has 1 atom stereocenters. The Hall–Kier alpha value is -1.16. The number of hydrogen-bond acceptors (Lipinski definition) is 4. The molecule has 0 fully saturated rings. The molecule has 0 saturated carbocycles. The smallest absolute Gasteiger partial charge is 0.231 e. The quantitative estimate of drug-likeness (QED) is 0.738. The largest absolute Gasteiger partial charge is 0.454 e. The van der Waals surface area contributed by atoms with Gasteiger partial charge in [0.1, 0.15) is 0 Å². The van der Waals surface area contributed by atoms with E-state index in [2.05, 4.69) is 0 Å². The van der Waals surface area contributed by atoms with Crippen LogP contribution >= 0.6 is 11.8 Å². The highest BCUT2D eigenvalue weighted by Gasteiger charge is 2.19. The Labute approximate surface area is 92.8 Å². The zero-order chi connectivity index (χ0) is 10.8. The monoisotopic (exact) mass is 224 g/mol. The summed E-state index contributed by atoms with van der Waals surface area (Å²) < 4.78 is 10.4. The molecular formula is C11H12O3S. The van der Waals surface area contributed by atoms with Gasteiger partial charge in [-0.15, -0.1) is 0 Å². The van der Waals surface area contributed by atoms with Gasteiger partial charge in [0.15, 0.2) is 17.3 Å². The van der Waals surface area contributed by atoms with Crippen LogP contribution in [0.3, 0.4) is 0 Å². The molecule has 0 N–H and O–H groups in total. The van der Waals surface area contributed by atoms with Crippen LogP contribution in [0.1, 0.15) is 17.3 Å². The molecule has 1 aliphatic rings. The zero-order valence-corrected chi connectivity index (χ0v) is 9.47. The van der Waals surface area contributed by atoms with Crippen LogP contribution < -0.4 is 9.47 Å². The first-order valence-electron chi connectivity index (χ1n) is 4.69. The van der Waals surface area contributed by atoms with E-state index < -0.39 is 0 Å². The number of Topliss-reactive ketones (excluding diaryl/α,β-unsaturated/α-hetero) is 1. The summed E-state index contributed by atoms with van der Waals surface area (Å²) in [5, 5.41) is -0.0228. The lowest BCUT2D eigenvalue weighted by Gasteiger charge is -2.07. The summed E-state index contributed by atoms with van der Waals surface area (Å²) in [5.41, 5.74) is 0.682. The number of benzene rings is 1. The van der Waals surface area contributed by atoms with Crippen molar-refractivity contribution >= 4 is 17.5 Å². The van der Waals surface area contributed by atoms with Crippen molar-refractivity contribution < 1.29 is 14.3 Å². The number of ether oxygens (including phenoxy) is 2. The normalized spacial score (nSPS) is 15.1. The maximum absolute atomic E-state index is 11.9. The topological polar surface area (TPSA) is 35.5 Å². The molecule has 0 amide bonds. The number of hydrogen-bond donors (Lipinski definition) is 0. The van der Waals surface area contributed by atoms with Gasteiger partial charge < -0.3 is 9.47 Å². The van der Waals surface area contributed by atoms with Gasteiger partial charge in [-0.3, -0.25) is 4.79 Å². The summed E-state index contributed by atoms with van der Waals surface area (Å²) in [4.78, 5) is 11.9. The Kier molecular flexibility index (Phi) is 2.86. The maximum atomic E-state index is 11.9. The van der Waals surface area contributed by atoms with E-state index in [4.69, 9.17) is 9.47 Å². The summed E-state index contributed by atoms with van der Waals surface area (Å²) >= 11 is 1.54. The van der Waals surface area contributed by atoms with E-state index >= 15 is 0 Å². The maximum Gasteiger partial charge on any atom is 0.231 e.